The zero-order valence-corrected chi connectivity index (χ0v) is 16.4. The van der Waals surface area contributed by atoms with Crippen molar-refractivity contribution in [2.75, 3.05) is 18.9 Å². The number of nitrogens with one attached hydrogen (secondary N) is 1. The lowest BCUT2D eigenvalue weighted by Crippen LogP contribution is -2.26. The van der Waals surface area contributed by atoms with E-state index in [0.29, 0.717) is 18.7 Å². The van der Waals surface area contributed by atoms with E-state index in [9.17, 15) is 8.42 Å². The third kappa shape index (κ3) is 5.58. The van der Waals surface area contributed by atoms with Crippen LogP contribution in [0.5, 0.6) is 5.75 Å². The molecule has 0 spiro atoms. The second kappa shape index (κ2) is 9.39. The standard InChI is InChI=1S/C22H24N2O3S/c23-20-10-12-21(13-11-20)28(25,26)24-16-14-19-8-4-5-9-22(19)27-17-15-18-6-2-1-3-7-18/h1-13,24H,14-17,23H2. The minimum Gasteiger partial charge on any atom is -0.493 e. The monoisotopic (exact) mass is 396 g/mol. The van der Waals surface area contributed by atoms with Gasteiger partial charge in [-0.25, -0.2) is 13.1 Å². The molecule has 5 nitrogen and oxygen atoms in total. The molecule has 6 heteroatoms. The maximum absolute atomic E-state index is 12.4. The first-order valence-corrected chi connectivity index (χ1v) is 10.6. The Morgan fingerprint density at radius 3 is 2.25 bits per heavy atom. The predicted molar refractivity (Wildman–Crippen MR) is 112 cm³/mol. The van der Waals surface area contributed by atoms with Gasteiger partial charge in [0.25, 0.3) is 0 Å². The van der Waals surface area contributed by atoms with Crippen molar-refractivity contribution in [2.45, 2.75) is 17.7 Å². The Morgan fingerprint density at radius 1 is 0.821 bits per heavy atom. The highest BCUT2D eigenvalue weighted by Crippen LogP contribution is 2.19. The van der Waals surface area contributed by atoms with Crippen molar-refractivity contribution in [1.29, 1.82) is 0 Å². The lowest BCUT2D eigenvalue weighted by molar-refractivity contribution is 0.318. The number of ether oxygens (including phenoxy) is 1. The van der Waals surface area contributed by atoms with Gasteiger partial charge in [-0.2, -0.15) is 0 Å². The first-order valence-electron chi connectivity index (χ1n) is 9.14. The minimum absolute atomic E-state index is 0.203. The van der Waals surface area contributed by atoms with Gasteiger partial charge in [-0.15, -0.1) is 0 Å². The number of nitrogen functional groups attached to an aromatic ring is 1. The maximum atomic E-state index is 12.4. The van der Waals surface area contributed by atoms with Crippen LogP contribution in [0.1, 0.15) is 11.1 Å². The van der Waals surface area contributed by atoms with Crippen LogP contribution in [0, 0.1) is 0 Å². The highest BCUT2D eigenvalue weighted by atomic mass is 32.2. The molecule has 0 unspecified atom stereocenters. The molecule has 0 aliphatic heterocycles. The summed E-state index contributed by atoms with van der Waals surface area (Å²) >= 11 is 0. The molecule has 3 aromatic rings. The molecule has 3 rings (SSSR count). The van der Waals surface area contributed by atoms with Gasteiger partial charge in [-0.3, -0.25) is 0 Å². The molecule has 0 heterocycles. The fraction of sp³-hybridized carbons (Fsp3) is 0.182. The van der Waals surface area contributed by atoms with E-state index < -0.39 is 10.0 Å². The van der Waals surface area contributed by atoms with E-state index in [1.54, 1.807) is 12.1 Å². The van der Waals surface area contributed by atoms with Crippen molar-refractivity contribution < 1.29 is 13.2 Å². The fourth-order valence-electron chi connectivity index (χ4n) is 2.83. The van der Waals surface area contributed by atoms with E-state index in [0.717, 1.165) is 17.7 Å². The average molecular weight is 397 g/mol. The first kappa shape index (κ1) is 19.9. The number of sulfonamides is 1. The molecule has 0 fully saturated rings. The van der Waals surface area contributed by atoms with Gasteiger partial charge in [0.15, 0.2) is 0 Å². The topological polar surface area (TPSA) is 81.4 Å². The van der Waals surface area contributed by atoms with Crippen molar-refractivity contribution in [3.8, 4) is 5.75 Å². The van der Waals surface area contributed by atoms with Gasteiger partial charge in [0.1, 0.15) is 5.75 Å². The Kier molecular flexibility index (Phi) is 6.68. The Hall–Kier alpha value is -2.83. The van der Waals surface area contributed by atoms with Crippen LogP contribution in [0.3, 0.4) is 0 Å². The summed E-state index contributed by atoms with van der Waals surface area (Å²) in [4.78, 5) is 0.203. The molecule has 0 aliphatic carbocycles. The predicted octanol–water partition coefficient (Wildman–Crippen LogP) is 3.41. The van der Waals surface area contributed by atoms with E-state index in [2.05, 4.69) is 16.9 Å². The molecule has 0 bridgehead atoms. The second-order valence-corrected chi connectivity index (χ2v) is 8.18. The van der Waals surface area contributed by atoms with Gasteiger partial charge in [-0.05, 0) is 47.9 Å². The quantitative estimate of drug-likeness (QED) is 0.543. The van der Waals surface area contributed by atoms with Crippen LogP contribution in [0.4, 0.5) is 5.69 Å². The number of nitrogens with two attached hydrogens (primary N) is 1. The molecule has 0 atom stereocenters. The normalized spacial score (nSPS) is 11.3. The number of anilines is 1. The first-order chi connectivity index (χ1) is 13.5. The average Bonchev–Trinajstić information content (AvgIpc) is 2.70. The summed E-state index contributed by atoms with van der Waals surface area (Å²) in [5.41, 5.74) is 8.33. The van der Waals surface area contributed by atoms with Crippen LogP contribution in [-0.4, -0.2) is 21.6 Å². The third-order valence-electron chi connectivity index (χ3n) is 4.34. The van der Waals surface area contributed by atoms with Crippen LogP contribution < -0.4 is 15.2 Å². The van der Waals surface area contributed by atoms with Crippen LogP contribution >= 0.6 is 0 Å². The van der Waals surface area contributed by atoms with Crippen molar-refractivity contribution in [3.05, 3.63) is 90.0 Å². The van der Waals surface area contributed by atoms with Crippen LogP contribution in [0.2, 0.25) is 0 Å². The third-order valence-corrected chi connectivity index (χ3v) is 5.82. The Bertz CT molecular complexity index is 988. The Balaban J connectivity index is 1.55. The smallest absolute Gasteiger partial charge is 0.240 e. The summed E-state index contributed by atoms with van der Waals surface area (Å²) in [7, 11) is -3.56. The second-order valence-electron chi connectivity index (χ2n) is 6.41. The Labute approximate surface area is 166 Å². The van der Waals surface area contributed by atoms with Gasteiger partial charge < -0.3 is 10.5 Å². The molecular formula is C22H24N2O3S. The van der Waals surface area contributed by atoms with Crippen molar-refractivity contribution in [2.24, 2.45) is 0 Å². The van der Waals surface area contributed by atoms with Gasteiger partial charge >= 0.3 is 0 Å². The Morgan fingerprint density at radius 2 is 1.50 bits per heavy atom. The highest BCUT2D eigenvalue weighted by Gasteiger charge is 2.13. The molecule has 0 amide bonds. The lowest BCUT2D eigenvalue weighted by atomic mass is 10.1. The van der Waals surface area contributed by atoms with E-state index in [1.165, 1.54) is 17.7 Å². The summed E-state index contributed by atoms with van der Waals surface area (Å²) < 4.78 is 33.3. The van der Waals surface area contributed by atoms with Crippen LogP contribution in [0.25, 0.3) is 0 Å². The number of hydrogen-bond acceptors (Lipinski definition) is 4. The maximum Gasteiger partial charge on any atom is 0.240 e. The lowest BCUT2D eigenvalue weighted by Gasteiger charge is -2.12. The molecule has 3 aromatic carbocycles. The zero-order chi connectivity index (χ0) is 19.8. The van der Waals surface area contributed by atoms with Crippen molar-refractivity contribution in [3.63, 3.8) is 0 Å². The van der Waals surface area contributed by atoms with E-state index in [-0.39, 0.29) is 11.4 Å². The molecule has 0 aliphatic rings. The van der Waals surface area contributed by atoms with Crippen molar-refractivity contribution >= 4 is 15.7 Å². The number of rotatable bonds is 9. The van der Waals surface area contributed by atoms with Crippen LogP contribution in [0.15, 0.2) is 83.8 Å². The van der Waals surface area contributed by atoms with Crippen molar-refractivity contribution in [1.82, 2.24) is 4.72 Å². The van der Waals surface area contributed by atoms with Gasteiger partial charge in [0, 0.05) is 18.7 Å². The van der Waals surface area contributed by atoms with E-state index >= 15 is 0 Å². The molecule has 0 saturated carbocycles. The molecule has 0 aromatic heterocycles. The zero-order valence-electron chi connectivity index (χ0n) is 15.5. The molecular weight excluding hydrogens is 372 g/mol. The molecule has 0 saturated heterocycles. The molecule has 28 heavy (non-hydrogen) atoms. The number of para-hydroxylation sites is 1. The van der Waals surface area contributed by atoms with Gasteiger partial charge in [0.2, 0.25) is 10.0 Å². The molecule has 0 radical (unpaired) electrons. The summed E-state index contributed by atoms with van der Waals surface area (Å²) in [6, 6.07) is 24.0. The largest absolute Gasteiger partial charge is 0.493 e. The summed E-state index contributed by atoms with van der Waals surface area (Å²) in [6.07, 6.45) is 1.36. The van der Waals surface area contributed by atoms with Gasteiger partial charge in [0.05, 0.1) is 11.5 Å². The minimum atomic E-state index is -3.56. The van der Waals surface area contributed by atoms with E-state index in [1.807, 2.05) is 42.5 Å². The molecule has 146 valence electrons. The van der Waals surface area contributed by atoms with Gasteiger partial charge in [-0.1, -0.05) is 48.5 Å². The summed E-state index contributed by atoms with van der Waals surface area (Å²) in [5.74, 6) is 0.783. The summed E-state index contributed by atoms with van der Waals surface area (Å²) in [6.45, 7) is 0.851. The number of hydrogen-bond donors (Lipinski definition) is 2. The SMILES string of the molecule is Nc1ccc(S(=O)(=O)NCCc2ccccc2OCCc2ccccc2)cc1. The summed E-state index contributed by atoms with van der Waals surface area (Å²) in [5, 5.41) is 0. The van der Waals surface area contributed by atoms with E-state index in [4.69, 9.17) is 10.5 Å². The van der Waals surface area contributed by atoms with Crippen LogP contribution in [-0.2, 0) is 22.9 Å². The molecule has 3 N–H and O–H groups in total. The number of benzene rings is 3. The highest BCUT2D eigenvalue weighted by molar-refractivity contribution is 7.89. The fourth-order valence-corrected chi connectivity index (χ4v) is 3.86.